The second-order valence-corrected chi connectivity index (χ2v) is 9.69. The molecule has 0 heterocycles. The number of sulfone groups is 1. The number of hydrogen-bond acceptors (Lipinski definition) is 3. The van der Waals surface area contributed by atoms with Gasteiger partial charge in [-0.05, 0) is 30.2 Å². The topological polar surface area (TPSA) is 70.6 Å². The van der Waals surface area contributed by atoms with E-state index in [0.717, 1.165) is 19.0 Å². The number of halogens is 1. The first-order valence-electron chi connectivity index (χ1n) is 8.88. The molecule has 0 spiro atoms. The molecular weight excluding hydrogens is 461 g/mol. The van der Waals surface area contributed by atoms with Crippen LogP contribution in [0.4, 0.5) is 0 Å². The summed E-state index contributed by atoms with van der Waals surface area (Å²) in [5.41, 5.74) is 1.13. The lowest BCUT2D eigenvalue weighted by atomic mass is 9.90. The summed E-state index contributed by atoms with van der Waals surface area (Å²) in [6.07, 6.45) is 1.89. The maximum absolute atomic E-state index is 11.4. The Labute approximate surface area is 176 Å². The maximum Gasteiger partial charge on any atom is 0.191 e. The number of hydrogen-bond donors (Lipinski definition) is 2. The molecule has 0 saturated heterocycles. The van der Waals surface area contributed by atoms with Gasteiger partial charge < -0.3 is 10.6 Å². The van der Waals surface area contributed by atoms with Gasteiger partial charge >= 0.3 is 0 Å². The molecule has 7 heteroatoms. The third kappa shape index (κ3) is 11.0. The van der Waals surface area contributed by atoms with Gasteiger partial charge in [0.15, 0.2) is 5.96 Å². The molecule has 1 atom stereocenters. The fourth-order valence-electron chi connectivity index (χ4n) is 2.32. The van der Waals surface area contributed by atoms with Crippen molar-refractivity contribution in [3.05, 3.63) is 35.9 Å². The van der Waals surface area contributed by atoms with Gasteiger partial charge in [0.25, 0.3) is 0 Å². The molecular formula is C19H34IN3O2S. The zero-order valence-electron chi connectivity index (χ0n) is 16.6. The number of guanidine groups is 1. The first-order chi connectivity index (χ1) is 11.6. The molecule has 0 fully saturated rings. The lowest BCUT2D eigenvalue weighted by Gasteiger charge is -2.23. The van der Waals surface area contributed by atoms with Crippen LogP contribution in [0.15, 0.2) is 35.3 Å². The highest BCUT2D eigenvalue weighted by Gasteiger charge is 2.20. The first kappa shape index (κ1) is 25.2. The lowest BCUT2D eigenvalue weighted by Crippen LogP contribution is -2.39. The Morgan fingerprint density at radius 2 is 1.81 bits per heavy atom. The molecule has 0 aliphatic rings. The van der Waals surface area contributed by atoms with Gasteiger partial charge in [-0.2, -0.15) is 0 Å². The molecule has 0 aliphatic carbocycles. The molecule has 0 aromatic heterocycles. The maximum atomic E-state index is 11.4. The van der Waals surface area contributed by atoms with Gasteiger partial charge in [-0.25, -0.2) is 8.42 Å². The van der Waals surface area contributed by atoms with Crippen molar-refractivity contribution in [2.45, 2.75) is 40.0 Å². The van der Waals surface area contributed by atoms with Crippen molar-refractivity contribution in [3.8, 4) is 0 Å². The third-order valence-corrected chi connectivity index (χ3v) is 5.05. The van der Waals surface area contributed by atoms with Crippen LogP contribution in [0.1, 0.15) is 45.6 Å². The van der Waals surface area contributed by atoms with E-state index in [-0.39, 0.29) is 35.1 Å². The monoisotopic (exact) mass is 495 g/mol. The van der Waals surface area contributed by atoms with Crippen molar-refractivity contribution >= 4 is 39.8 Å². The minimum Gasteiger partial charge on any atom is -0.357 e. The molecule has 1 aromatic carbocycles. The number of aliphatic imine (C=N–C) groups is 1. The third-order valence-electron chi connectivity index (χ3n) is 4.10. The fraction of sp³-hybridized carbons (Fsp3) is 0.632. The Morgan fingerprint density at radius 3 is 2.35 bits per heavy atom. The Morgan fingerprint density at radius 1 is 1.19 bits per heavy atom. The Balaban J connectivity index is 0.00000625. The highest BCUT2D eigenvalue weighted by atomic mass is 127. The predicted octanol–water partition coefficient (Wildman–Crippen LogP) is 3.42. The van der Waals surface area contributed by atoms with Gasteiger partial charge in [-0.1, -0.05) is 51.1 Å². The summed E-state index contributed by atoms with van der Waals surface area (Å²) in [4.78, 5) is 4.65. The van der Waals surface area contributed by atoms with Crippen LogP contribution in [0.3, 0.4) is 0 Å². The largest absolute Gasteiger partial charge is 0.357 e. The summed E-state index contributed by atoms with van der Waals surface area (Å²) in [7, 11) is -2.94. The van der Waals surface area contributed by atoms with Gasteiger partial charge in [0.05, 0.1) is 5.75 Å². The molecule has 0 radical (unpaired) electrons. The number of nitrogens with zero attached hydrogens (tertiary/aromatic N) is 1. The molecule has 150 valence electrons. The summed E-state index contributed by atoms with van der Waals surface area (Å²) in [6.45, 7) is 10.5. The van der Waals surface area contributed by atoms with Crippen molar-refractivity contribution in [1.29, 1.82) is 0 Å². The van der Waals surface area contributed by atoms with E-state index in [2.05, 4.69) is 60.7 Å². The zero-order chi connectivity index (χ0) is 18.9. The zero-order valence-corrected chi connectivity index (χ0v) is 19.7. The van der Waals surface area contributed by atoms with Gasteiger partial charge in [0.2, 0.25) is 0 Å². The second kappa shape index (κ2) is 11.8. The Hall–Kier alpha value is -0.830. The molecule has 0 aliphatic heterocycles. The van der Waals surface area contributed by atoms with Gasteiger partial charge in [0.1, 0.15) is 9.84 Å². The molecule has 0 bridgehead atoms. The minimum absolute atomic E-state index is 0. The van der Waals surface area contributed by atoms with E-state index in [9.17, 15) is 8.42 Å². The Bertz CT molecular complexity index is 646. The molecule has 5 nitrogen and oxygen atoms in total. The average molecular weight is 495 g/mol. The minimum atomic E-state index is -2.94. The van der Waals surface area contributed by atoms with E-state index in [0.29, 0.717) is 18.9 Å². The van der Waals surface area contributed by atoms with E-state index < -0.39 is 9.84 Å². The van der Waals surface area contributed by atoms with Crippen molar-refractivity contribution in [1.82, 2.24) is 10.6 Å². The summed E-state index contributed by atoms with van der Waals surface area (Å²) in [5.74, 6) is 1.35. The van der Waals surface area contributed by atoms with Crippen LogP contribution < -0.4 is 10.6 Å². The number of rotatable bonds is 9. The van der Waals surface area contributed by atoms with Crippen molar-refractivity contribution in [2.75, 3.05) is 31.6 Å². The summed E-state index contributed by atoms with van der Waals surface area (Å²) in [6, 6.07) is 10.4. The van der Waals surface area contributed by atoms with Crippen LogP contribution >= 0.6 is 24.0 Å². The summed E-state index contributed by atoms with van der Waals surface area (Å²) < 4.78 is 22.7. The SMILES string of the molecule is CCNC(=NCC(C)(C)CCS(C)(=O)=O)NCC(C)c1ccccc1.I. The van der Waals surface area contributed by atoms with Gasteiger partial charge in [0, 0.05) is 25.9 Å². The van der Waals surface area contributed by atoms with Crippen molar-refractivity contribution < 1.29 is 8.42 Å². The molecule has 0 saturated carbocycles. The smallest absolute Gasteiger partial charge is 0.191 e. The van der Waals surface area contributed by atoms with E-state index in [1.807, 2.05) is 13.0 Å². The van der Waals surface area contributed by atoms with Gasteiger partial charge in [-0.15, -0.1) is 24.0 Å². The van der Waals surface area contributed by atoms with E-state index in [1.165, 1.54) is 11.8 Å². The van der Waals surface area contributed by atoms with Crippen LogP contribution in [0.2, 0.25) is 0 Å². The first-order valence-corrected chi connectivity index (χ1v) is 10.9. The molecule has 1 aromatic rings. The fourth-order valence-corrected chi connectivity index (χ4v) is 3.25. The standard InChI is InChI=1S/C19H33N3O2S.HI/c1-6-20-18(21-14-16(2)17-10-8-7-9-11-17)22-15-19(3,4)12-13-25(5,23)24;/h7-11,16H,6,12-15H2,1-5H3,(H2,20,21,22);1H. The number of benzene rings is 1. The van der Waals surface area contributed by atoms with Crippen LogP contribution in [0, 0.1) is 5.41 Å². The van der Waals surface area contributed by atoms with E-state index in [1.54, 1.807) is 0 Å². The normalized spacial score (nSPS) is 13.7. The second-order valence-electron chi connectivity index (χ2n) is 7.43. The highest BCUT2D eigenvalue weighted by Crippen LogP contribution is 2.21. The van der Waals surface area contributed by atoms with Crippen LogP contribution in [-0.2, 0) is 9.84 Å². The quantitative estimate of drug-likeness (QED) is 0.313. The molecule has 1 unspecified atom stereocenters. The van der Waals surface area contributed by atoms with Crippen LogP contribution in [0.5, 0.6) is 0 Å². The van der Waals surface area contributed by atoms with Crippen molar-refractivity contribution in [3.63, 3.8) is 0 Å². The van der Waals surface area contributed by atoms with Gasteiger partial charge in [-0.3, -0.25) is 4.99 Å². The molecule has 2 N–H and O–H groups in total. The number of nitrogens with one attached hydrogen (secondary N) is 2. The van der Waals surface area contributed by atoms with Crippen molar-refractivity contribution in [2.24, 2.45) is 10.4 Å². The molecule has 0 amide bonds. The van der Waals surface area contributed by atoms with E-state index in [4.69, 9.17) is 0 Å². The van der Waals surface area contributed by atoms with Crippen LogP contribution in [-0.4, -0.2) is 46.0 Å². The molecule has 26 heavy (non-hydrogen) atoms. The average Bonchev–Trinajstić information content (AvgIpc) is 2.56. The van der Waals surface area contributed by atoms with E-state index >= 15 is 0 Å². The molecule has 1 rings (SSSR count). The summed E-state index contributed by atoms with van der Waals surface area (Å²) in [5, 5.41) is 6.64. The summed E-state index contributed by atoms with van der Waals surface area (Å²) >= 11 is 0. The highest BCUT2D eigenvalue weighted by molar-refractivity contribution is 14.0. The predicted molar refractivity (Wildman–Crippen MR) is 122 cm³/mol. The lowest BCUT2D eigenvalue weighted by molar-refractivity contribution is 0.365. The Kier molecular flexibility index (Phi) is 11.4. The van der Waals surface area contributed by atoms with Crippen LogP contribution in [0.25, 0.3) is 0 Å².